The Morgan fingerprint density at radius 2 is 1.89 bits per heavy atom. The highest BCUT2D eigenvalue weighted by molar-refractivity contribution is 9.09. The molecule has 0 aromatic heterocycles. The average molecular weight is 340 g/mol. The molecule has 1 aromatic rings. The van der Waals surface area contributed by atoms with E-state index >= 15 is 0 Å². The van der Waals surface area contributed by atoms with Crippen molar-refractivity contribution in [2.45, 2.75) is 18.1 Å². The van der Waals surface area contributed by atoms with E-state index in [1.807, 2.05) is 6.92 Å². The maximum absolute atomic E-state index is 12.0. The standard InChI is InChI=1S/C12H13BrF3NO2/c1-8(13)7-17(2)11(18)9-3-5-10(6-4-9)19-12(14,15)16/h3-6,8H,7H2,1-2H3. The SMILES string of the molecule is CC(Br)CN(C)C(=O)c1ccc(OC(F)(F)F)cc1. The van der Waals surface area contributed by atoms with Crippen molar-refractivity contribution < 1.29 is 22.7 Å². The van der Waals surface area contributed by atoms with E-state index in [4.69, 9.17) is 0 Å². The number of rotatable bonds is 4. The molecule has 0 saturated carbocycles. The summed E-state index contributed by atoms with van der Waals surface area (Å²) >= 11 is 3.32. The van der Waals surface area contributed by atoms with Gasteiger partial charge in [0, 0.05) is 24.0 Å². The zero-order valence-electron chi connectivity index (χ0n) is 10.4. The summed E-state index contributed by atoms with van der Waals surface area (Å²) in [6, 6.07) is 4.84. The van der Waals surface area contributed by atoms with Gasteiger partial charge >= 0.3 is 6.36 Å². The highest BCUT2D eigenvalue weighted by Gasteiger charge is 2.31. The monoisotopic (exact) mass is 339 g/mol. The number of hydrogen-bond donors (Lipinski definition) is 0. The van der Waals surface area contributed by atoms with Gasteiger partial charge in [-0.15, -0.1) is 13.2 Å². The first kappa shape index (κ1) is 15.8. The maximum Gasteiger partial charge on any atom is 0.573 e. The summed E-state index contributed by atoms with van der Waals surface area (Å²) in [5.41, 5.74) is 0.310. The highest BCUT2D eigenvalue weighted by atomic mass is 79.9. The number of amides is 1. The lowest BCUT2D eigenvalue weighted by Crippen LogP contribution is -2.31. The molecule has 1 atom stereocenters. The van der Waals surface area contributed by atoms with Crippen molar-refractivity contribution >= 4 is 21.8 Å². The number of hydrogen-bond acceptors (Lipinski definition) is 2. The third-order valence-electron chi connectivity index (χ3n) is 2.21. The van der Waals surface area contributed by atoms with E-state index in [1.54, 1.807) is 7.05 Å². The Hall–Kier alpha value is -1.24. The fourth-order valence-electron chi connectivity index (χ4n) is 1.48. The van der Waals surface area contributed by atoms with Crippen LogP contribution in [0.4, 0.5) is 13.2 Å². The van der Waals surface area contributed by atoms with Crippen LogP contribution in [-0.2, 0) is 0 Å². The Bertz CT molecular complexity index is 432. The van der Waals surface area contributed by atoms with E-state index in [2.05, 4.69) is 20.7 Å². The summed E-state index contributed by atoms with van der Waals surface area (Å²) < 4.78 is 39.6. The molecule has 1 rings (SSSR count). The molecule has 0 N–H and O–H groups in total. The zero-order chi connectivity index (χ0) is 14.6. The average Bonchev–Trinajstić information content (AvgIpc) is 2.26. The molecule has 0 radical (unpaired) electrons. The van der Waals surface area contributed by atoms with Crippen LogP contribution >= 0.6 is 15.9 Å². The largest absolute Gasteiger partial charge is 0.573 e. The van der Waals surface area contributed by atoms with Crippen LogP contribution < -0.4 is 4.74 Å². The molecule has 1 aromatic carbocycles. The first-order valence-electron chi connectivity index (χ1n) is 5.44. The smallest absolute Gasteiger partial charge is 0.406 e. The fraction of sp³-hybridized carbons (Fsp3) is 0.417. The third kappa shape index (κ3) is 5.50. The molecule has 0 aliphatic heterocycles. The van der Waals surface area contributed by atoms with Crippen LogP contribution in [0.1, 0.15) is 17.3 Å². The van der Waals surface area contributed by atoms with Crippen LogP contribution in [-0.4, -0.2) is 35.6 Å². The van der Waals surface area contributed by atoms with Crippen molar-refractivity contribution in [3.63, 3.8) is 0 Å². The summed E-state index contributed by atoms with van der Waals surface area (Å²) in [6.45, 7) is 2.39. The maximum atomic E-state index is 12.0. The first-order valence-corrected chi connectivity index (χ1v) is 6.36. The molecule has 19 heavy (non-hydrogen) atoms. The lowest BCUT2D eigenvalue weighted by Gasteiger charge is -2.18. The Kier molecular flexibility index (Phi) is 5.22. The van der Waals surface area contributed by atoms with E-state index in [0.29, 0.717) is 12.1 Å². The molecule has 1 unspecified atom stereocenters. The first-order chi connectivity index (χ1) is 8.69. The lowest BCUT2D eigenvalue weighted by molar-refractivity contribution is -0.274. The van der Waals surface area contributed by atoms with E-state index < -0.39 is 6.36 Å². The number of benzene rings is 1. The lowest BCUT2D eigenvalue weighted by atomic mass is 10.2. The predicted octanol–water partition coefficient (Wildman–Crippen LogP) is 3.44. The van der Waals surface area contributed by atoms with Crippen molar-refractivity contribution in [1.82, 2.24) is 4.90 Å². The van der Waals surface area contributed by atoms with Crippen molar-refractivity contribution in [3.05, 3.63) is 29.8 Å². The van der Waals surface area contributed by atoms with Crippen LogP contribution in [0.5, 0.6) is 5.75 Å². The van der Waals surface area contributed by atoms with Crippen molar-refractivity contribution in [2.24, 2.45) is 0 Å². The van der Waals surface area contributed by atoms with Crippen LogP contribution in [0.25, 0.3) is 0 Å². The van der Waals surface area contributed by atoms with E-state index in [1.165, 1.54) is 17.0 Å². The topological polar surface area (TPSA) is 29.5 Å². The minimum Gasteiger partial charge on any atom is -0.406 e. The van der Waals surface area contributed by atoms with Crippen LogP contribution in [0.2, 0.25) is 0 Å². The molecule has 0 heterocycles. The van der Waals surface area contributed by atoms with Gasteiger partial charge in [-0.3, -0.25) is 4.79 Å². The van der Waals surface area contributed by atoms with Gasteiger partial charge in [-0.2, -0.15) is 0 Å². The summed E-state index contributed by atoms with van der Waals surface area (Å²) in [6.07, 6.45) is -4.73. The Morgan fingerprint density at radius 3 is 2.32 bits per heavy atom. The van der Waals surface area contributed by atoms with Gasteiger partial charge < -0.3 is 9.64 Å². The molecule has 3 nitrogen and oxygen atoms in total. The second-order valence-electron chi connectivity index (χ2n) is 4.04. The number of ether oxygens (including phenoxy) is 1. The molecule has 0 fully saturated rings. The number of nitrogens with zero attached hydrogens (tertiary/aromatic N) is 1. The van der Waals surface area contributed by atoms with Crippen molar-refractivity contribution in [1.29, 1.82) is 0 Å². The fourth-order valence-corrected chi connectivity index (χ4v) is 1.91. The van der Waals surface area contributed by atoms with Gasteiger partial charge in [0.05, 0.1) is 0 Å². The van der Waals surface area contributed by atoms with E-state index in [-0.39, 0.29) is 16.5 Å². The molecular weight excluding hydrogens is 327 g/mol. The normalized spacial score (nSPS) is 12.9. The number of halogens is 4. The molecule has 0 aliphatic rings. The van der Waals surface area contributed by atoms with Gasteiger partial charge in [-0.05, 0) is 24.3 Å². The number of carbonyl (C=O) groups is 1. The summed E-state index contributed by atoms with van der Waals surface area (Å²) in [7, 11) is 1.63. The van der Waals surface area contributed by atoms with Gasteiger partial charge in [-0.1, -0.05) is 22.9 Å². The Labute approximate surface area is 117 Å². The predicted molar refractivity (Wildman–Crippen MR) is 68.5 cm³/mol. The molecule has 0 aliphatic carbocycles. The summed E-state index contributed by atoms with van der Waals surface area (Å²) in [4.78, 5) is 13.5. The molecule has 7 heteroatoms. The minimum absolute atomic E-state index is 0.134. The molecule has 0 bridgehead atoms. The van der Waals surface area contributed by atoms with Gasteiger partial charge in [0.1, 0.15) is 5.75 Å². The highest BCUT2D eigenvalue weighted by Crippen LogP contribution is 2.23. The third-order valence-corrected chi connectivity index (χ3v) is 2.50. The van der Waals surface area contributed by atoms with Gasteiger partial charge in [-0.25, -0.2) is 0 Å². The van der Waals surface area contributed by atoms with Crippen LogP contribution in [0, 0.1) is 0 Å². The molecule has 0 spiro atoms. The second-order valence-corrected chi connectivity index (χ2v) is 5.60. The van der Waals surface area contributed by atoms with Crippen molar-refractivity contribution in [2.75, 3.05) is 13.6 Å². The molecule has 1 amide bonds. The summed E-state index contributed by atoms with van der Waals surface area (Å²) in [5.74, 6) is -0.606. The quantitative estimate of drug-likeness (QED) is 0.786. The Balaban J connectivity index is 2.73. The molecule has 0 saturated heterocycles. The molecule has 106 valence electrons. The summed E-state index contributed by atoms with van der Waals surface area (Å²) in [5, 5.41) is 0. The minimum atomic E-state index is -4.73. The van der Waals surface area contributed by atoms with Gasteiger partial charge in [0.2, 0.25) is 0 Å². The number of alkyl halides is 4. The second kappa shape index (κ2) is 6.27. The van der Waals surface area contributed by atoms with E-state index in [9.17, 15) is 18.0 Å². The zero-order valence-corrected chi connectivity index (χ0v) is 12.0. The van der Waals surface area contributed by atoms with Crippen LogP contribution in [0.3, 0.4) is 0 Å². The van der Waals surface area contributed by atoms with Crippen LogP contribution in [0.15, 0.2) is 24.3 Å². The van der Waals surface area contributed by atoms with E-state index in [0.717, 1.165) is 12.1 Å². The molecular formula is C12H13BrF3NO2. The van der Waals surface area contributed by atoms with Crippen molar-refractivity contribution in [3.8, 4) is 5.75 Å². The Morgan fingerprint density at radius 1 is 1.37 bits per heavy atom. The number of carbonyl (C=O) groups excluding carboxylic acids is 1. The van der Waals surface area contributed by atoms with Gasteiger partial charge in [0.15, 0.2) is 0 Å². The van der Waals surface area contributed by atoms with Gasteiger partial charge in [0.25, 0.3) is 5.91 Å².